The van der Waals surface area contributed by atoms with Crippen molar-refractivity contribution < 1.29 is 0 Å². The van der Waals surface area contributed by atoms with Crippen LogP contribution in [-0.4, -0.2) is 52.4 Å². The van der Waals surface area contributed by atoms with Crippen LogP contribution in [0.2, 0.25) is 0 Å². The van der Waals surface area contributed by atoms with Crippen LogP contribution in [0.15, 0.2) is 80.2 Å². The molecule has 0 bridgehead atoms. The minimum atomic E-state index is 1.05. The molecule has 2 heterocycles. The van der Waals surface area contributed by atoms with Crippen molar-refractivity contribution in [3.8, 4) is 0 Å². The molecule has 0 saturated carbocycles. The molecule has 4 nitrogen and oxygen atoms in total. The molecule has 6 heteroatoms. The van der Waals surface area contributed by atoms with E-state index in [1.54, 1.807) is 0 Å². The van der Waals surface area contributed by atoms with Crippen molar-refractivity contribution in [2.45, 2.75) is 33.4 Å². The highest BCUT2D eigenvalue weighted by Crippen LogP contribution is 2.42. The SMILES string of the molecule is Cc1cc(C)c(Sc2ccccc2N2CCNCC2)cc1Sc1ccccc1N1CCNCC1. The van der Waals surface area contributed by atoms with E-state index in [0.29, 0.717) is 0 Å². The summed E-state index contributed by atoms with van der Waals surface area (Å²) in [5, 5.41) is 6.94. The quantitative estimate of drug-likeness (QED) is 0.479. The molecule has 0 radical (unpaired) electrons. The van der Waals surface area contributed by atoms with Crippen molar-refractivity contribution in [1.29, 1.82) is 0 Å². The molecule has 5 rings (SSSR count). The summed E-state index contributed by atoms with van der Waals surface area (Å²) in [4.78, 5) is 10.4. The first kappa shape index (κ1) is 23.6. The van der Waals surface area contributed by atoms with Crippen LogP contribution in [-0.2, 0) is 0 Å². The van der Waals surface area contributed by atoms with Gasteiger partial charge in [-0.2, -0.15) is 0 Å². The molecule has 0 aromatic heterocycles. The van der Waals surface area contributed by atoms with E-state index < -0.39 is 0 Å². The number of nitrogens with one attached hydrogen (secondary N) is 2. The largest absolute Gasteiger partial charge is 0.368 e. The van der Waals surface area contributed by atoms with Gasteiger partial charge in [0.2, 0.25) is 0 Å². The van der Waals surface area contributed by atoms with Gasteiger partial charge < -0.3 is 20.4 Å². The van der Waals surface area contributed by atoms with Gasteiger partial charge in [0.05, 0.1) is 11.4 Å². The molecule has 2 fully saturated rings. The van der Waals surface area contributed by atoms with Gasteiger partial charge in [-0.1, -0.05) is 53.9 Å². The number of hydrogen-bond donors (Lipinski definition) is 2. The van der Waals surface area contributed by atoms with Gasteiger partial charge in [-0.15, -0.1) is 0 Å². The lowest BCUT2D eigenvalue weighted by Crippen LogP contribution is -2.43. The number of piperazine rings is 2. The lowest BCUT2D eigenvalue weighted by molar-refractivity contribution is 0.587. The van der Waals surface area contributed by atoms with E-state index in [0.717, 1.165) is 52.4 Å². The van der Waals surface area contributed by atoms with Crippen LogP contribution in [0.3, 0.4) is 0 Å². The minimum absolute atomic E-state index is 1.05. The molecule has 0 spiro atoms. The maximum atomic E-state index is 3.47. The van der Waals surface area contributed by atoms with Crippen molar-refractivity contribution >= 4 is 34.9 Å². The average Bonchev–Trinajstić information content (AvgIpc) is 2.88. The Morgan fingerprint density at radius 3 is 1.41 bits per heavy atom. The van der Waals surface area contributed by atoms with Crippen molar-refractivity contribution in [3.63, 3.8) is 0 Å². The van der Waals surface area contributed by atoms with E-state index in [1.165, 1.54) is 42.1 Å². The van der Waals surface area contributed by atoms with Gasteiger partial charge in [-0.25, -0.2) is 0 Å². The Labute approximate surface area is 212 Å². The molecule has 178 valence electrons. The second kappa shape index (κ2) is 11.1. The molecule has 0 aliphatic carbocycles. The van der Waals surface area contributed by atoms with Crippen molar-refractivity contribution in [1.82, 2.24) is 10.6 Å². The summed E-state index contributed by atoms with van der Waals surface area (Å²) in [7, 11) is 0. The Morgan fingerprint density at radius 2 is 0.971 bits per heavy atom. The predicted molar refractivity (Wildman–Crippen MR) is 147 cm³/mol. The molecule has 2 aliphatic heterocycles. The van der Waals surface area contributed by atoms with Crippen LogP contribution < -0.4 is 20.4 Å². The van der Waals surface area contributed by atoms with Gasteiger partial charge >= 0.3 is 0 Å². The van der Waals surface area contributed by atoms with Crippen molar-refractivity contribution in [2.75, 3.05) is 62.2 Å². The third-order valence-corrected chi connectivity index (χ3v) is 9.01. The Kier molecular flexibility index (Phi) is 7.70. The average molecular weight is 491 g/mol. The zero-order valence-corrected chi connectivity index (χ0v) is 21.8. The van der Waals surface area contributed by atoms with Crippen LogP contribution in [0.4, 0.5) is 11.4 Å². The van der Waals surface area contributed by atoms with Crippen LogP contribution in [0.25, 0.3) is 0 Å². The molecule has 3 aromatic rings. The molecule has 2 aliphatic rings. The maximum Gasteiger partial charge on any atom is 0.0508 e. The number of para-hydroxylation sites is 2. The van der Waals surface area contributed by atoms with E-state index in [-0.39, 0.29) is 0 Å². The van der Waals surface area contributed by atoms with Crippen molar-refractivity contribution in [2.24, 2.45) is 0 Å². The topological polar surface area (TPSA) is 30.5 Å². The van der Waals surface area contributed by atoms with Crippen LogP contribution in [0.5, 0.6) is 0 Å². The first-order valence-corrected chi connectivity index (χ1v) is 13.9. The molecule has 2 saturated heterocycles. The van der Waals surface area contributed by atoms with Gasteiger partial charge in [0, 0.05) is 71.9 Å². The minimum Gasteiger partial charge on any atom is -0.368 e. The summed E-state index contributed by atoms with van der Waals surface area (Å²) >= 11 is 3.81. The number of hydrogen-bond acceptors (Lipinski definition) is 6. The van der Waals surface area contributed by atoms with Crippen LogP contribution in [0.1, 0.15) is 11.1 Å². The number of aryl methyl sites for hydroxylation is 2. The third kappa shape index (κ3) is 5.41. The van der Waals surface area contributed by atoms with Gasteiger partial charge in [0.25, 0.3) is 0 Å². The number of nitrogens with zero attached hydrogens (tertiary/aromatic N) is 2. The number of rotatable bonds is 6. The standard InChI is InChI=1S/C28H34N4S2/c1-21-19-22(2)28(34-26-10-6-4-8-24(26)32-17-13-30-14-18-32)20-27(21)33-25-9-5-3-7-23(25)31-15-11-29-12-16-31/h3-10,19-20,29-30H,11-18H2,1-2H3. The predicted octanol–water partition coefficient (Wildman–Crippen LogP) is 5.43. The van der Waals surface area contributed by atoms with E-state index in [1.807, 2.05) is 23.5 Å². The fraction of sp³-hybridized carbons (Fsp3) is 0.357. The highest BCUT2D eigenvalue weighted by molar-refractivity contribution is 8.00. The summed E-state index contributed by atoms with van der Waals surface area (Å²) in [6.45, 7) is 12.9. The molecule has 0 unspecified atom stereocenters. The fourth-order valence-corrected chi connectivity index (χ4v) is 6.93. The van der Waals surface area contributed by atoms with Crippen molar-refractivity contribution in [3.05, 3.63) is 71.8 Å². The second-order valence-electron chi connectivity index (χ2n) is 9.00. The summed E-state index contributed by atoms with van der Waals surface area (Å²) < 4.78 is 0. The zero-order chi connectivity index (χ0) is 23.3. The highest BCUT2D eigenvalue weighted by Gasteiger charge is 2.18. The Hall–Kier alpha value is -2.12. The summed E-state index contributed by atoms with van der Waals surface area (Å²) in [6.07, 6.45) is 0. The third-order valence-electron chi connectivity index (χ3n) is 6.56. The molecular weight excluding hydrogens is 456 g/mol. The summed E-state index contributed by atoms with van der Waals surface area (Å²) in [5.41, 5.74) is 5.40. The molecule has 3 aromatic carbocycles. The molecule has 34 heavy (non-hydrogen) atoms. The van der Waals surface area contributed by atoms with Gasteiger partial charge in [0.1, 0.15) is 0 Å². The first-order chi connectivity index (χ1) is 16.7. The Morgan fingerprint density at radius 1 is 0.559 bits per heavy atom. The fourth-order valence-electron chi connectivity index (χ4n) is 4.69. The van der Waals surface area contributed by atoms with E-state index >= 15 is 0 Å². The van der Waals surface area contributed by atoms with E-state index in [2.05, 4.69) is 94.9 Å². The normalized spacial score (nSPS) is 16.6. The van der Waals surface area contributed by atoms with Crippen LogP contribution in [0, 0.1) is 13.8 Å². The van der Waals surface area contributed by atoms with E-state index in [4.69, 9.17) is 0 Å². The molecule has 2 N–H and O–H groups in total. The van der Waals surface area contributed by atoms with Gasteiger partial charge in [-0.05, 0) is 55.3 Å². The molecular formula is C28H34N4S2. The second-order valence-corrected chi connectivity index (χ2v) is 11.2. The zero-order valence-electron chi connectivity index (χ0n) is 20.1. The lowest BCUT2D eigenvalue weighted by Gasteiger charge is -2.31. The Balaban J connectivity index is 1.42. The van der Waals surface area contributed by atoms with E-state index in [9.17, 15) is 0 Å². The maximum absolute atomic E-state index is 3.47. The molecule has 0 atom stereocenters. The summed E-state index contributed by atoms with van der Waals surface area (Å²) in [6, 6.07) is 22.5. The highest BCUT2D eigenvalue weighted by atomic mass is 32.2. The van der Waals surface area contributed by atoms with Gasteiger partial charge in [0.15, 0.2) is 0 Å². The lowest BCUT2D eigenvalue weighted by atomic mass is 10.2. The molecule has 0 amide bonds. The first-order valence-electron chi connectivity index (χ1n) is 12.3. The number of anilines is 2. The monoisotopic (exact) mass is 490 g/mol. The smallest absolute Gasteiger partial charge is 0.0508 e. The Bertz CT molecular complexity index is 1040. The van der Waals surface area contributed by atoms with Crippen LogP contribution >= 0.6 is 23.5 Å². The van der Waals surface area contributed by atoms with Gasteiger partial charge in [-0.3, -0.25) is 0 Å². The summed E-state index contributed by atoms with van der Waals surface area (Å²) in [5.74, 6) is 0. The number of benzene rings is 3.